The molecule has 0 saturated carbocycles. The molecule has 2 aromatic rings. The minimum Gasteiger partial charge on any atom is -0.485 e. The molecular weight excluding hydrogens is 287 g/mol. The molecule has 1 aromatic heterocycles. The molecule has 100 valence electrons. The molecule has 0 spiro atoms. The molecule has 0 fully saturated rings. The van der Waals surface area contributed by atoms with E-state index in [0.717, 1.165) is 5.56 Å². The van der Waals surface area contributed by atoms with Crippen molar-refractivity contribution in [3.05, 3.63) is 56.4 Å². The van der Waals surface area contributed by atoms with Crippen molar-refractivity contribution in [2.24, 2.45) is 0 Å². The second-order valence-electron chi connectivity index (χ2n) is 3.86. The zero-order chi connectivity index (χ0) is 13.8. The van der Waals surface area contributed by atoms with Crippen molar-refractivity contribution in [1.82, 2.24) is 9.78 Å². The number of hydrogen-bond donors (Lipinski definition) is 0. The van der Waals surface area contributed by atoms with Crippen LogP contribution in [-0.2, 0) is 13.2 Å². The van der Waals surface area contributed by atoms with Gasteiger partial charge in [0.1, 0.15) is 6.61 Å². The number of ether oxygens (including phenoxy) is 1. The maximum atomic E-state index is 11.7. The van der Waals surface area contributed by atoms with Gasteiger partial charge in [-0.15, -0.1) is 0 Å². The van der Waals surface area contributed by atoms with Gasteiger partial charge in [-0.25, -0.2) is 4.68 Å². The van der Waals surface area contributed by atoms with Crippen LogP contribution in [0.2, 0.25) is 10.0 Å². The van der Waals surface area contributed by atoms with Gasteiger partial charge in [-0.1, -0.05) is 35.3 Å². The van der Waals surface area contributed by atoms with Gasteiger partial charge >= 0.3 is 0 Å². The van der Waals surface area contributed by atoms with Gasteiger partial charge in [-0.2, -0.15) is 5.10 Å². The van der Waals surface area contributed by atoms with Crippen LogP contribution in [0.3, 0.4) is 0 Å². The van der Waals surface area contributed by atoms with Crippen molar-refractivity contribution in [2.45, 2.75) is 20.1 Å². The number of aromatic nitrogens is 2. The van der Waals surface area contributed by atoms with Crippen LogP contribution >= 0.6 is 23.2 Å². The summed E-state index contributed by atoms with van der Waals surface area (Å²) in [6.07, 6.45) is 1.45. The Labute approximate surface area is 120 Å². The van der Waals surface area contributed by atoms with Gasteiger partial charge in [-0.3, -0.25) is 4.79 Å². The zero-order valence-corrected chi connectivity index (χ0v) is 11.8. The van der Waals surface area contributed by atoms with Crippen LogP contribution in [0.5, 0.6) is 5.75 Å². The molecule has 0 radical (unpaired) electrons. The van der Waals surface area contributed by atoms with Gasteiger partial charge in [0.25, 0.3) is 5.56 Å². The van der Waals surface area contributed by atoms with E-state index in [2.05, 4.69) is 5.10 Å². The molecule has 6 heteroatoms. The first kappa shape index (κ1) is 13.9. The number of nitrogens with zero attached hydrogens (tertiary/aromatic N) is 2. The molecule has 4 nitrogen and oxygen atoms in total. The fraction of sp³-hybridized carbons (Fsp3) is 0.231. The second kappa shape index (κ2) is 6.08. The minimum absolute atomic E-state index is 0.0470. The molecule has 0 saturated heterocycles. The summed E-state index contributed by atoms with van der Waals surface area (Å²) in [6.45, 7) is 2.59. The van der Waals surface area contributed by atoms with E-state index in [0.29, 0.717) is 18.2 Å². The monoisotopic (exact) mass is 298 g/mol. The second-order valence-corrected chi connectivity index (χ2v) is 4.67. The number of rotatable bonds is 4. The van der Waals surface area contributed by atoms with Crippen molar-refractivity contribution >= 4 is 23.2 Å². The first-order chi connectivity index (χ1) is 9.11. The third-order valence-corrected chi connectivity index (χ3v) is 3.16. The van der Waals surface area contributed by atoms with Gasteiger partial charge in [0.2, 0.25) is 0 Å². The van der Waals surface area contributed by atoms with E-state index in [9.17, 15) is 4.79 Å². The number of benzene rings is 1. The first-order valence-corrected chi connectivity index (χ1v) is 6.50. The van der Waals surface area contributed by atoms with Crippen molar-refractivity contribution < 1.29 is 4.74 Å². The Bertz CT molecular complexity index is 624. The first-order valence-electron chi connectivity index (χ1n) is 5.74. The van der Waals surface area contributed by atoms with Gasteiger partial charge < -0.3 is 4.74 Å². The van der Waals surface area contributed by atoms with E-state index in [-0.39, 0.29) is 16.3 Å². The molecule has 0 atom stereocenters. The van der Waals surface area contributed by atoms with Crippen LogP contribution in [0.25, 0.3) is 0 Å². The molecule has 2 rings (SSSR count). The highest BCUT2D eigenvalue weighted by molar-refractivity contribution is 6.31. The van der Waals surface area contributed by atoms with Crippen LogP contribution < -0.4 is 10.3 Å². The van der Waals surface area contributed by atoms with E-state index in [1.807, 2.05) is 19.1 Å². The Kier molecular flexibility index (Phi) is 4.45. The Morgan fingerprint density at radius 3 is 2.58 bits per heavy atom. The lowest BCUT2D eigenvalue weighted by atomic mass is 10.2. The third-order valence-electron chi connectivity index (χ3n) is 2.56. The van der Waals surface area contributed by atoms with E-state index >= 15 is 0 Å². The summed E-state index contributed by atoms with van der Waals surface area (Å²) in [7, 11) is 0. The Balaban J connectivity index is 2.14. The maximum Gasteiger partial charge on any atom is 0.289 e. The summed E-state index contributed by atoms with van der Waals surface area (Å²) in [6, 6.07) is 7.23. The minimum atomic E-state index is -0.349. The molecular formula is C13H12Cl2N2O2. The predicted molar refractivity (Wildman–Crippen MR) is 75.0 cm³/mol. The van der Waals surface area contributed by atoms with E-state index < -0.39 is 0 Å². The molecule has 0 bridgehead atoms. The average molecular weight is 299 g/mol. The summed E-state index contributed by atoms with van der Waals surface area (Å²) in [5.74, 6) is 0.284. The fourth-order valence-electron chi connectivity index (χ4n) is 1.52. The summed E-state index contributed by atoms with van der Waals surface area (Å²) in [4.78, 5) is 11.7. The normalized spacial score (nSPS) is 10.5. The molecule has 19 heavy (non-hydrogen) atoms. The molecule has 0 aliphatic heterocycles. The van der Waals surface area contributed by atoms with Gasteiger partial charge in [0.15, 0.2) is 10.8 Å². The Hall–Kier alpha value is -1.52. The van der Waals surface area contributed by atoms with Crippen molar-refractivity contribution in [1.29, 1.82) is 0 Å². The number of aryl methyl sites for hydroxylation is 1. The maximum absolute atomic E-state index is 11.7. The Morgan fingerprint density at radius 2 is 1.95 bits per heavy atom. The molecule has 1 aromatic carbocycles. The van der Waals surface area contributed by atoms with E-state index in [4.69, 9.17) is 27.9 Å². The SMILES string of the molecule is CCn1ncc(OCc2ccc(Cl)cc2)c(Cl)c1=O. The lowest BCUT2D eigenvalue weighted by Gasteiger charge is -2.09. The van der Waals surface area contributed by atoms with Gasteiger partial charge in [0.05, 0.1) is 6.20 Å². The summed E-state index contributed by atoms with van der Waals surface area (Å²) >= 11 is 11.7. The van der Waals surface area contributed by atoms with Gasteiger partial charge in [-0.05, 0) is 24.6 Å². The highest BCUT2D eigenvalue weighted by Gasteiger charge is 2.09. The molecule has 0 aliphatic carbocycles. The van der Waals surface area contributed by atoms with Crippen LogP contribution in [0.1, 0.15) is 12.5 Å². The van der Waals surface area contributed by atoms with Crippen molar-refractivity contribution in [2.75, 3.05) is 0 Å². The van der Waals surface area contributed by atoms with Gasteiger partial charge in [0, 0.05) is 11.6 Å². The third kappa shape index (κ3) is 3.28. The van der Waals surface area contributed by atoms with Crippen molar-refractivity contribution in [3.8, 4) is 5.75 Å². The van der Waals surface area contributed by atoms with Crippen LogP contribution in [0.4, 0.5) is 0 Å². The van der Waals surface area contributed by atoms with Crippen molar-refractivity contribution in [3.63, 3.8) is 0 Å². The molecule has 0 aliphatic rings. The lowest BCUT2D eigenvalue weighted by Crippen LogP contribution is -2.22. The Morgan fingerprint density at radius 1 is 1.26 bits per heavy atom. The van der Waals surface area contributed by atoms with Crippen LogP contribution in [0, 0.1) is 0 Å². The van der Waals surface area contributed by atoms with E-state index in [1.165, 1.54) is 10.9 Å². The average Bonchev–Trinajstić information content (AvgIpc) is 2.42. The number of hydrogen-bond acceptors (Lipinski definition) is 3. The molecule has 0 N–H and O–H groups in total. The highest BCUT2D eigenvalue weighted by Crippen LogP contribution is 2.20. The van der Waals surface area contributed by atoms with Crippen LogP contribution in [0.15, 0.2) is 35.3 Å². The molecule has 0 amide bonds. The summed E-state index contributed by atoms with van der Waals surface area (Å²) in [5.41, 5.74) is 0.581. The quantitative estimate of drug-likeness (QED) is 0.871. The standard InChI is InChI=1S/C13H12Cl2N2O2/c1-2-17-13(18)12(15)11(7-16-17)19-8-9-3-5-10(14)6-4-9/h3-7H,2,8H2,1H3. The highest BCUT2D eigenvalue weighted by atomic mass is 35.5. The smallest absolute Gasteiger partial charge is 0.289 e. The topological polar surface area (TPSA) is 44.1 Å². The largest absolute Gasteiger partial charge is 0.485 e. The molecule has 0 unspecified atom stereocenters. The fourth-order valence-corrected chi connectivity index (χ4v) is 1.84. The number of halogens is 2. The summed E-state index contributed by atoms with van der Waals surface area (Å²) in [5, 5.41) is 4.67. The predicted octanol–water partition coefficient (Wildman–Crippen LogP) is 3.15. The summed E-state index contributed by atoms with van der Waals surface area (Å²) < 4.78 is 6.77. The van der Waals surface area contributed by atoms with E-state index in [1.54, 1.807) is 12.1 Å². The molecule has 1 heterocycles. The van der Waals surface area contributed by atoms with Crippen LogP contribution in [-0.4, -0.2) is 9.78 Å². The lowest BCUT2D eigenvalue weighted by molar-refractivity contribution is 0.302. The zero-order valence-electron chi connectivity index (χ0n) is 10.3.